The lowest BCUT2D eigenvalue weighted by atomic mass is 9.89. The third-order valence-corrected chi connectivity index (χ3v) is 9.07. The zero-order valence-corrected chi connectivity index (χ0v) is 29.3. The molecule has 0 unspecified atom stereocenters. The molecule has 3 heteroatoms. The second kappa shape index (κ2) is 32.5. The molecule has 0 aromatic rings. The summed E-state index contributed by atoms with van der Waals surface area (Å²) in [5.41, 5.74) is 0. The van der Waals surface area contributed by atoms with E-state index < -0.39 is 0 Å². The molecule has 0 radical (unpaired) electrons. The molecule has 0 aromatic heterocycles. The van der Waals surface area contributed by atoms with Crippen molar-refractivity contribution in [3.8, 4) is 0 Å². The normalized spacial score (nSPS) is 11.9. The fourth-order valence-electron chi connectivity index (χ4n) is 6.18. The lowest BCUT2D eigenvalue weighted by Gasteiger charge is -2.24. The number of unbranched alkanes of at least 4 members (excludes halogenated alkanes) is 19. The lowest BCUT2D eigenvalue weighted by molar-refractivity contribution is -0.120. The summed E-state index contributed by atoms with van der Waals surface area (Å²) in [5.74, 6) is 1.21. The number of hydrogen-bond acceptors (Lipinski definition) is 3. The Hall–Kier alpha value is -0.410. The summed E-state index contributed by atoms with van der Waals surface area (Å²) >= 11 is 0. The molecule has 0 spiro atoms. The highest BCUT2D eigenvalue weighted by molar-refractivity contribution is 5.78. The van der Waals surface area contributed by atoms with Crippen LogP contribution in [-0.4, -0.2) is 55.9 Å². The Bertz CT molecular complexity index is 504. The van der Waals surface area contributed by atoms with Crippen LogP contribution >= 0.6 is 0 Å². The van der Waals surface area contributed by atoms with E-state index in [2.05, 4.69) is 44.7 Å². The summed E-state index contributed by atoms with van der Waals surface area (Å²) in [5, 5.41) is 0. The molecule has 0 saturated heterocycles. The minimum absolute atomic E-state index is 0.556. The molecular formula is C38H78N2O. The van der Waals surface area contributed by atoms with Crippen LogP contribution in [0.2, 0.25) is 0 Å². The van der Waals surface area contributed by atoms with E-state index in [1.165, 1.54) is 174 Å². The van der Waals surface area contributed by atoms with Crippen LogP contribution in [0, 0.1) is 5.92 Å². The van der Waals surface area contributed by atoms with E-state index >= 15 is 0 Å². The van der Waals surface area contributed by atoms with Crippen LogP contribution in [0.15, 0.2) is 0 Å². The van der Waals surface area contributed by atoms with E-state index in [1.54, 1.807) is 0 Å². The molecule has 0 saturated carbocycles. The zero-order chi connectivity index (χ0) is 30.2. The van der Waals surface area contributed by atoms with Gasteiger partial charge in [-0.25, -0.2) is 0 Å². The van der Waals surface area contributed by atoms with Crippen molar-refractivity contribution in [3.05, 3.63) is 0 Å². The number of carbonyl (C=O) groups is 1. The number of hydrogen-bond donors (Lipinski definition) is 0. The largest absolute Gasteiger partial charge is 0.308 e. The third-order valence-electron chi connectivity index (χ3n) is 9.07. The summed E-state index contributed by atoms with van der Waals surface area (Å²) in [6.07, 6.45) is 35.2. The zero-order valence-electron chi connectivity index (χ0n) is 29.3. The van der Waals surface area contributed by atoms with E-state index in [4.69, 9.17) is 0 Å². The van der Waals surface area contributed by atoms with Crippen molar-refractivity contribution in [2.24, 2.45) is 5.92 Å². The SMILES string of the molecule is CCCCCCCCC(CCCCCCCC)CC(=O)CCCCCCCN(CCCCCCCC)CCN(C)C. The number of ketones is 1. The van der Waals surface area contributed by atoms with Gasteiger partial charge in [0.2, 0.25) is 0 Å². The van der Waals surface area contributed by atoms with Crippen LogP contribution < -0.4 is 0 Å². The first-order valence-electron chi connectivity index (χ1n) is 18.9. The van der Waals surface area contributed by atoms with Crippen LogP contribution in [-0.2, 0) is 4.79 Å². The maximum Gasteiger partial charge on any atom is 0.133 e. The summed E-state index contributed by atoms with van der Waals surface area (Å²) in [6, 6.07) is 0. The van der Waals surface area contributed by atoms with Gasteiger partial charge in [-0.3, -0.25) is 4.79 Å². The minimum atomic E-state index is 0.556. The molecule has 0 aliphatic carbocycles. The third kappa shape index (κ3) is 30.8. The number of carbonyl (C=O) groups excluding carboxylic acids is 1. The van der Waals surface area contributed by atoms with Crippen LogP contribution in [0.5, 0.6) is 0 Å². The predicted molar refractivity (Wildman–Crippen MR) is 185 cm³/mol. The van der Waals surface area contributed by atoms with E-state index in [-0.39, 0.29) is 0 Å². The van der Waals surface area contributed by atoms with Crippen LogP contribution in [0.4, 0.5) is 0 Å². The van der Waals surface area contributed by atoms with Gasteiger partial charge in [-0.15, -0.1) is 0 Å². The van der Waals surface area contributed by atoms with E-state index in [1.807, 2.05) is 0 Å². The van der Waals surface area contributed by atoms with Crippen molar-refractivity contribution in [3.63, 3.8) is 0 Å². The smallest absolute Gasteiger partial charge is 0.133 e. The maximum atomic E-state index is 12.9. The van der Waals surface area contributed by atoms with Gasteiger partial charge in [-0.05, 0) is 52.4 Å². The Morgan fingerprint density at radius 3 is 1.29 bits per heavy atom. The maximum absolute atomic E-state index is 12.9. The highest BCUT2D eigenvalue weighted by atomic mass is 16.1. The fourth-order valence-corrected chi connectivity index (χ4v) is 6.18. The molecular weight excluding hydrogens is 500 g/mol. The minimum Gasteiger partial charge on any atom is -0.308 e. The monoisotopic (exact) mass is 579 g/mol. The molecule has 0 atom stereocenters. The Morgan fingerprint density at radius 2 is 0.854 bits per heavy atom. The van der Waals surface area contributed by atoms with Gasteiger partial charge in [0.1, 0.15) is 5.78 Å². The Kier molecular flexibility index (Phi) is 32.2. The molecule has 246 valence electrons. The van der Waals surface area contributed by atoms with E-state index in [9.17, 15) is 4.79 Å². The molecule has 0 rings (SSSR count). The van der Waals surface area contributed by atoms with Crippen molar-refractivity contribution in [2.75, 3.05) is 40.3 Å². The molecule has 0 heterocycles. The van der Waals surface area contributed by atoms with Crippen molar-refractivity contribution < 1.29 is 4.79 Å². The van der Waals surface area contributed by atoms with Crippen LogP contribution in [0.3, 0.4) is 0 Å². The first-order valence-corrected chi connectivity index (χ1v) is 18.9. The number of likely N-dealkylation sites (N-methyl/N-ethyl adjacent to an activating group) is 1. The molecule has 0 aliphatic rings. The number of nitrogens with zero attached hydrogens (tertiary/aromatic N) is 2. The molecule has 3 nitrogen and oxygen atoms in total. The number of Topliss-reactive ketones (excluding diaryl/α,β-unsaturated/α-hetero) is 1. The molecule has 0 N–H and O–H groups in total. The summed E-state index contributed by atoms with van der Waals surface area (Å²) in [7, 11) is 4.38. The van der Waals surface area contributed by atoms with Gasteiger partial charge < -0.3 is 9.80 Å². The van der Waals surface area contributed by atoms with Gasteiger partial charge in [-0.1, -0.05) is 162 Å². The predicted octanol–water partition coefficient (Wildman–Crippen LogP) is 11.6. The lowest BCUT2D eigenvalue weighted by Crippen LogP contribution is -2.33. The van der Waals surface area contributed by atoms with E-state index in [0.29, 0.717) is 11.7 Å². The topological polar surface area (TPSA) is 23.6 Å². The average molecular weight is 579 g/mol. The molecule has 0 fully saturated rings. The van der Waals surface area contributed by atoms with Gasteiger partial charge in [0.15, 0.2) is 0 Å². The summed E-state index contributed by atoms with van der Waals surface area (Å²) < 4.78 is 0. The van der Waals surface area contributed by atoms with Gasteiger partial charge in [0, 0.05) is 25.9 Å². The number of rotatable bonds is 34. The van der Waals surface area contributed by atoms with Gasteiger partial charge in [0.25, 0.3) is 0 Å². The summed E-state index contributed by atoms with van der Waals surface area (Å²) in [6.45, 7) is 11.8. The van der Waals surface area contributed by atoms with Gasteiger partial charge in [-0.2, -0.15) is 0 Å². The highest BCUT2D eigenvalue weighted by Crippen LogP contribution is 2.23. The molecule has 0 bridgehead atoms. The molecule has 0 aliphatic heterocycles. The molecule has 41 heavy (non-hydrogen) atoms. The average Bonchev–Trinajstić information content (AvgIpc) is 2.95. The standard InChI is InChI=1S/C38H78N2O/c1-6-9-12-15-19-24-29-37(30-25-20-16-13-10-7-2)36-38(41)31-26-21-18-23-28-33-40(35-34-39(4)5)32-27-22-17-14-11-8-3/h37H,6-36H2,1-5H3. The van der Waals surface area contributed by atoms with Crippen molar-refractivity contribution in [2.45, 2.75) is 194 Å². The second-order valence-corrected chi connectivity index (χ2v) is 13.7. The Morgan fingerprint density at radius 1 is 0.463 bits per heavy atom. The molecule has 0 aromatic carbocycles. The van der Waals surface area contributed by atoms with Crippen molar-refractivity contribution >= 4 is 5.78 Å². The van der Waals surface area contributed by atoms with Crippen LogP contribution in [0.25, 0.3) is 0 Å². The highest BCUT2D eigenvalue weighted by Gasteiger charge is 2.14. The first kappa shape index (κ1) is 40.6. The van der Waals surface area contributed by atoms with Gasteiger partial charge in [0.05, 0.1) is 0 Å². The second-order valence-electron chi connectivity index (χ2n) is 13.7. The summed E-state index contributed by atoms with van der Waals surface area (Å²) in [4.78, 5) is 17.9. The quantitative estimate of drug-likeness (QED) is 0.0709. The van der Waals surface area contributed by atoms with Crippen molar-refractivity contribution in [1.29, 1.82) is 0 Å². The van der Waals surface area contributed by atoms with Crippen LogP contribution in [0.1, 0.15) is 194 Å². The van der Waals surface area contributed by atoms with Crippen molar-refractivity contribution in [1.82, 2.24) is 9.80 Å². The van der Waals surface area contributed by atoms with Gasteiger partial charge >= 0.3 is 0 Å². The molecule has 0 amide bonds. The van der Waals surface area contributed by atoms with E-state index in [0.717, 1.165) is 25.8 Å². The fraction of sp³-hybridized carbons (Fsp3) is 0.974. The Balaban J connectivity index is 4.16. The first-order chi connectivity index (χ1) is 20.0. The Labute approximate surface area is 260 Å².